The molecule has 0 aliphatic carbocycles. The van der Waals surface area contributed by atoms with Gasteiger partial charge in [-0.1, -0.05) is 35.2 Å². The van der Waals surface area contributed by atoms with Crippen LogP contribution in [0.5, 0.6) is 5.19 Å². The molecule has 0 bridgehead atoms. The number of thioether (sulfide) groups is 1. The zero-order valence-electron chi connectivity index (χ0n) is 16.2. The first-order valence-corrected chi connectivity index (χ1v) is 11.5. The van der Waals surface area contributed by atoms with Crippen LogP contribution in [0.3, 0.4) is 0 Å². The number of rotatable bonds is 5. The summed E-state index contributed by atoms with van der Waals surface area (Å²) in [6.07, 6.45) is 1.17. The largest absolute Gasteiger partial charge is 0.467 e. The van der Waals surface area contributed by atoms with Crippen LogP contribution in [0.25, 0.3) is 21.3 Å². The van der Waals surface area contributed by atoms with E-state index >= 15 is 0 Å². The summed E-state index contributed by atoms with van der Waals surface area (Å²) in [6, 6.07) is 9.54. The van der Waals surface area contributed by atoms with E-state index in [1.54, 1.807) is 4.90 Å². The van der Waals surface area contributed by atoms with Gasteiger partial charge in [0, 0.05) is 32.0 Å². The van der Waals surface area contributed by atoms with Crippen LogP contribution in [0.1, 0.15) is 12.8 Å². The lowest BCUT2D eigenvalue weighted by Crippen LogP contribution is -2.42. The van der Waals surface area contributed by atoms with E-state index in [1.807, 2.05) is 24.3 Å². The van der Waals surface area contributed by atoms with Crippen molar-refractivity contribution in [1.82, 2.24) is 14.9 Å². The molecule has 0 saturated carbocycles. The smallest absolute Gasteiger partial charge is 0.274 e. The van der Waals surface area contributed by atoms with Crippen molar-refractivity contribution >= 4 is 50.3 Å². The van der Waals surface area contributed by atoms with Gasteiger partial charge in [-0.2, -0.15) is 4.98 Å². The highest BCUT2D eigenvalue weighted by Gasteiger charge is 2.25. The van der Waals surface area contributed by atoms with Crippen LogP contribution in [0.4, 0.5) is 8.78 Å². The van der Waals surface area contributed by atoms with Gasteiger partial charge in [0.15, 0.2) is 11.4 Å². The normalized spacial score (nSPS) is 15.1. The maximum atomic E-state index is 13.8. The van der Waals surface area contributed by atoms with Crippen LogP contribution in [0, 0.1) is 11.6 Å². The summed E-state index contributed by atoms with van der Waals surface area (Å²) in [4.78, 5) is 22.8. The van der Waals surface area contributed by atoms with Gasteiger partial charge in [0.25, 0.3) is 10.4 Å². The molecular formula is C21H17F2N3O3S2. The standard InChI is InChI=1S/C21H17F2N3O3S2/c22-12-9-14(23)19-17(10-12)31-21(25-19)28-13-5-7-26(8-6-13)18(27)11-30-20-24-15-3-1-2-4-16(15)29-20/h1-4,9-10,13H,5-8,11H2. The summed E-state index contributed by atoms with van der Waals surface area (Å²) in [5.41, 5.74) is 1.59. The first-order valence-electron chi connectivity index (χ1n) is 9.73. The van der Waals surface area contributed by atoms with Gasteiger partial charge in [-0.05, 0) is 18.2 Å². The Labute approximate surface area is 184 Å². The minimum absolute atomic E-state index is 0.0169. The number of hydrogen-bond acceptors (Lipinski definition) is 7. The molecular weight excluding hydrogens is 444 g/mol. The number of nitrogens with zero attached hydrogens (tertiary/aromatic N) is 3. The number of aromatic nitrogens is 2. The molecule has 0 N–H and O–H groups in total. The van der Waals surface area contributed by atoms with E-state index in [2.05, 4.69) is 9.97 Å². The van der Waals surface area contributed by atoms with E-state index in [1.165, 1.54) is 17.8 Å². The van der Waals surface area contributed by atoms with Crippen LogP contribution < -0.4 is 4.74 Å². The van der Waals surface area contributed by atoms with Gasteiger partial charge >= 0.3 is 0 Å². The summed E-state index contributed by atoms with van der Waals surface area (Å²) in [5, 5.41) is 0.795. The lowest BCUT2D eigenvalue weighted by molar-refractivity contribution is -0.130. The van der Waals surface area contributed by atoms with Gasteiger partial charge in [-0.25, -0.2) is 13.8 Å². The number of halogens is 2. The maximum absolute atomic E-state index is 13.8. The molecule has 0 radical (unpaired) electrons. The third-order valence-corrected chi connectivity index (χ3v) is 6.76. The summed E-state index contributed by atoms with van der Waals surface area (Å²) in [7, 11) is 0. The lowest BCUT2D eigenvalue weighted by Gasteiger charge is -2.31. The molecule has 6 nitrogen and oxygen atoms in total. The fourth-order valence-electron chi connectivity index (χ4n) is 3.48. The number of ether oxygens (including phenoxy) is 1. The highest BCUT2D eigenvalue weighted by Crippen LogP contribution is 2.32. The van der Waals surface area contributed by atoms with Crippen molar-refractivity contribution in [3.8, 4) is 5.19 Å². The summed E-state index contributed by atoms with van der Waals surface area (Å²) in [6.45, 7) is 1.12. The van der Waals surface area contributed by atoms with Crippen molar-refractivity contribution in [3.63, 3.8) is 0 Å². The van der Waals surface area contributed by atoms with E-state index in [9.17, 15) is 13.6 Å². The van der Waals surface area contributed by atoms with Gasteiger partial charge in [0.2, 0.25) is 5.91 Å². The zero-order chi connectivity index (χ0) is 21.4. The number of likely N-dealkylation sites (tertiary alicyclic amines) is 1. The van der Waals surface area contributed by atoms with Gasteiger partial charge in [-0.15, -0.1) is 0 Å². The number of para-hydroxylation sites is 2. The fraction of sp³-hybridized carbons (Fsp3) is 0.286. The van der Waals surface area contributed by atoms with Crippen molar-refractivity contribution < 1.29 is 22.7 Å². The van der Waals surface area contributed by atoms with Crippen LogP contribution in [0.2, 0.25) is 0 Å². The number of hydrogen-bond donors (Lipinski definition) is 0. The number of oxazole rings is 1. The van der Waals surface area contributed by atoms with Crippen molar-refractivity contribution in [2.24, 2.45) is 0 Å². The van der Waals surface area contributed by atoms with Gasteiger partial charge in [0.05, 0.1) is 10.5 Å². The number of carbonyl (C=O) groups is 1. The molecule has 31 heavy (non-hydrogen) atoms. The molecule has 5 rings (SSSR count). The van der Waals surface area contributed by atoms with Crippen LogP contribution in [-0.4, -0.2) is 45.7 Å². The second-order valence-electron chi connectivity index (χ2n) is 7.15. The maximum Gasteiger partial charge on any atom is 0.274 e. The molecule has 2 aromatic carbocycles. The first-order chi connectivity index (χ1) is 15.0. The lowest BCUT2D eigenvalue weighted by atomic mass is 10.1. The number of fused-ring (bicyclic) bond motifs is 2. The molecule has 1 aliphatic rings. The topological polar surface area (TPSA) is 68.5 Å². The molecule has 4 aromatic rings. The predicted octanol–water partition coefficient (Wildman–Crippen LogP) is 4.88. The monoisotopic (exact) mass is 461 g/mol. The first kappa shape index (κ1) is 20.2. The third-order valence-electron chi connectivity index (χ3n) is 5.05. The molecule has 0 spiro atoms. The Bertz CT molecular complexity index is 1220. The van der Waals surface area contributed by atoms with E-state index in [0.717, 1.165) is 22.9 Å². The highest BCUT2D eigenvalue weighted by molar-refractivity contribution is 7.99. The van der Waals surface area contributed by atoms with Crippen LogP contribution in [0.15, 0.2) is 46.0 Å². The van der Waals surface area contributed by atoms with E-state index < -0.39 is 11.6 Å². The van der Waals surface area contributed by atoms with Gasteiger partial charge in [-0.3, -0.25) is 4.79 Å². The summed E-state index contributed by atoms with van der Waals surface area (Å²) < 4.78 is 39.1. The second-order valence-corrected chi connectivity index (χ2v) is 9.07. The summed E-state index contributed by atoms with van der Waals surface area (Å²) >= 11 is 2.40. The number of benzene rings is 2. The highest BCUT2D eigenvalue weighted by atomic mass is 32.2. The Hall–Kier alpha value is -2.72. The van der Waals surface area contributed by atoms with E-state index in [0.29, 0.717) is 46.6 Å². The molecule has 2 aromatic heterocycles. The molecule has 3 heterocycles. The van der Waals surface area contributed by atoms with E-state index in [4.69, 9.17) is 9.15 Å². The zero-order valence-corrected chi connectivity index (χ0v) is 17.8. The number of thiazole rings is 1. The van der Waals surface area contributed by atoms with Crippen molar-refractivity contribution in [2.75, 3.05) is 18.8 Å². The Morgan fingerprint density at radius 1 is 1.23 bits per heavy atom. The Morgan fingerprint density at radius 3 is 2.84 bits per heavy atom. The number of piperidine rings is 1. The third kappa shape index (κ3) is 4.35. The minimum Gasteiger partial charge on any atom is -0.467 e. The average molecular weight is 462 g/mol. The SMILES string of the molecule is O=C(CSc1nc2ccccc2o1)N1CCC(Oc2nc3c(F)cc(F)cc3s2)CC1. The van der Waals surface area contributed by atoms with Crippen molar-refractivity contribution in [2.45, 2.75) is 24.2 Å². The molecule has 1 aliphatic heterocycles. The molecule has 10 heteroatoms. The number of carbonyl (C=O) groups excluding carboxylic acids is 1. The van der Waals surface area contributed by atoms with Crippen LogP contribution >= 0.6 is 23.1 Å². The van der Waals surface area contributed by atoms with E-state index in [-0.39, 0.29) is 23.3 Å². The molecule has 0 atom stereocenters. The van der Waals surface area contributed by atoms with Crippen LogP contribution in [-0.2, 0) is 4.79 Å². The fourth-order valence-corrected chi connectivity index (χ4v) is 5.14. The van der Waals surface area contributed by atoms with Crippen molar-refractivity contribution in [3.05, 3.63) is 48.0 Å². The average Bonchev–Trinajstić information content (AvgIpc) is 3.36. The molecule has 160 valence electrons. The second kappa shape index (κ2) is 8.43. The molecule has 1 amide bonds. The number of amides is 1. The quantitative estimate of drug-likeness (QED) is 0.395. The van der Waals surface area contributed by atoms with Gasteiger partial charge in [0.1, 0.15) is 23.0 Å². The molecule has 1 saturated heterocycles. The van der Waals surface area contributed by atoms with Crippen molar-refractivity contribution in [1.29, 1.82) is 0 Å². The molecule has 1 fully saturated rings. The Kier molecular flexibility index (Phi) is 5.49. The predicted molar refractivity (Wildman–Crippen MR) is 114 cm³/mol. The molecule has 0 unspecified atom stereocenters. The Balaban J connectivity index is 1.14. The summed E-state index contributed by atoms with van der Waals surface area (Å²) in [5.74, 6) is -1.06. The Morgan fingerprint density at radius 2 is 2.03 bits per heavy atom. The minimum atomic E-state index is -0.696. The van der Waals surface area contributed by atoms with Gasteiger partial charge < -0.3 is 14.1 Å².